The van der Waals surface area contributed by atoms with E-state index in [2.05, 4.69) is 10.3 Å². The Balaban J connectivity index is 1.98. The minimum absolute atomic E-state index is 0.0841. The topological polar surface area (TPSA) is 115 Å². The van der Waals surface area contributed by atoms with Gasteiger partial charge in [-0.05, 0) is 55.8 Å². The molecule has 9 nitrogen and oxygen atoms in total. The monoisotopic (exact) mass is 516 g/mol. The number of aromatic hydroxyl groups is 1. The van der Waals surface area contributed by atoms with Gasteiger partial charge >= 0.3 is 5.69 Å². The van der Waals surface area contributed by atoms with Crippen LogP contribution in [0.5, 0.6) is 11.6 Å². The summed E-state index contributed by atoms with van der Waals surface area (Å²) in [5.74, 6) is -0.368. The zero-order chi connectivity index (χ0) is 25.7. The van der Waals surface area contributed by atoms with Crippen LogP contribution in [0.2, 0.25) is 5.02 Å². The molecule has 3 aromatic rings. The maximum absolute atomic E-state index is 12.9. The second-order valence-corrected chi connectivity index (χ2v) is 8.87. The van der Waals surface area contributed by atoms with Crippen molar-refractivity contribution in [1.29, 1.82) is 0 Å². The average molecular weight is 517 g/mol. The maximum Gasteiger partial charge on any atom is 0.333 e. The fourth-order valence-electron chi connectivity index (χ4n) is 3.14. The molecule has 11 heteroatoms. The van der Waals surface area contributed by atoms with Gasteiger partial charge in [0.25, 0.3) is 5.56 Å². The van der Waals surface area contributed by atoms with E-state index in [0.29, 0.717) is 28.8 Å². The van der Waals surface area contributed by atoms with Crippen LogP contribution in [-0.4, -0.2) is 37.6 Å². The maximum atomic E-state index is 12.9. The summed E-state index contributed by atoms with van der Waals surface area (Å²) in [6, 6.07) is 12.0. The largest absolute Gasteiger partial charge is 0.494 e. The van der Waals surface area contributed by atoms with Crippen LogP contribution >= 0.6 is 23.4 Å². The molecule has 0 unspecified atom stereocenters. The number of anilines is 1. The number of carbonyl (C=O) groups excluding carboxylic acids is 1. The highest BCUT2D eigenvalue weighted by atomic mass is 35.5. The van der Waals surface area contributed by atoms with Gasteiger partial charge in [-0.2, -0.15) is 0 Å². The van der Waals surface area contributed by atoms with Crippen LogP contribution in [0.1, 0.15) is 18.1 Å². The van der Waals surface area contributed by atoms with E-state index in [4.69, 9.17) is 16.3 Å². The van der Waals surface area contributed by atoms with Crippen molar-refractivity contribution in [3.05, 3.63) is 79.5 Å². The molecule has 184 valence electrons. The number of hydrogen-bond donors (Lipinski definition) is 2. The van der Waals surface area contributed by atoms with E-state index in [1.165, 1.54) is 14.1 Å². The van der Waals surface area contributed by atoms with Gasteiger partial charge in [-0.3, -0.25) is 18.7 Å². The molecular weight excluding hydrogens is 492 g/mol. The molecule has 0 aliphatic rings. The van der Waals surface area contributed by atoms with Crippen molar-refractivity contribution in [2.24, 2.45) is 19.1 Å². The summed E-state index contributed by atoms with van der Waals surface area (Å²) in [5, 5.41) is 14.0. The molecule has 0 fully saturated rings. The third-order valence-electron chi connectivity index (χ3n) is 5.11. The molecule has 0 saturated carbocycles. The van der Waals surface area contributed by atoms with E-state index in [9.17, 15) is 19.5 Å². The number of halogens is 1. The summed E-state index contributed by atoms with van der Waals surface area (Å²) in [6.45, 7) is 4.16. The molecular formula is C24H25ClN4O5S. The van der Waals surface area contributed by atoms with Crippen LogP contribution in [0, 0.1) is 6.92 Å². The van der Waals surface area contributed by atoms with Gasteiger partial charge in [-0.15, -0.1) is 0 Å². The fourth-order valence-corrected chi connectivity index (χ4v) is 4.15. The summed E-state index contributed by atoms with van der Waals surface area (Å²) in [5.41, 5.74) is 0.164. The number of amides is 1. The summed E-state index contributed by atoms with van der Waals surface area (Å²) in [4.78, 5) is 42.3. The summed E-state index contributed by atoms with van der Waals surface area (Å²) < 4.78 is 7.26. The van der Waals surface area contributed by atoms with Gasteiger partial charge in [-0.1, -0.05) is 29.4 Å². The number of aromatic nitrogens is 2. The molecule has 0 atom stereocenters. The lowest BCUT2D eigenvalue weighted by atomic mass is 10.2. The molecule has 2 aromatic carbocycles. The lowest BCUT2D eigenvalue weighted by molar-refractivity contribution is -0.113. The Hall–Kier alpha value is -3.50. The molecule has 0 radical (unpaired) electrons. The number of nitrogens with zero attached hydrogens (tertiary/aromatic N) is 3. The highest BCUT2D eigenvalue weighted by Gasteiger charge is 2.22. The predicted octanol–water partition coefficient (Wildman–Crippen LogP) is 3.60. The Bertz CT molecular complexity index is 1400. The zero-order valence-corrected chi connectivity index (χ0v) is 21.2. The van der Waals surface area contributed by atoms with Gasteiger partial charge in [0.1, 0.15) is 16.4 Å². The van der Waals surface area contributed by atoms with Crippen molar-refractivity contribution in [3.8, 4) is 11.6 Å². The van der Waals surface area contributed by atoms with E-state index >= 15 is 0 Å². The molecule has 2 N–H and O–H groups in total. The van der Waals surface area contributed by atoms with E-state index < -0.39 is 17.1 Å². The number of aliphatic imine (C=N–C) groups is 1. The van der Waals surface area contributed by atoms with Crippen molar-refractivity contribution in [1.82, 2.24) is 9.13 Å². The highest BCUT2D eigenvalue weighted by molar-refractivity contribution is 8.15. The molecule has 3 rings (SSSR count). The summed E-state index contributed by atoms with van der Waals surface area (Å²) >= 11 is 7.08. The fraction of sp³-hybridized carbons (Fsp3) is 0.250. The molecule has 1 amide bonds. The van der Waals surface area contributed by atoms with Crippen molar-refractivity contribution >= 4 is 45.7 Å². The molecule has 0 aliphatic carbocycles. The van der Waals surface area contributed by atoms with Crippen LogP contribution in [0.4, 0.5) is 11.4 Å². The van der Waals surface area contributed by atoms with Gasteiger partial charge < -0.3 is 15.2 Å². The van der Waals surface area contributed by atoms with Gasteiger partial charge in [-0.25, -0.2) is 9.79 Å². The van der Waals surface area contributed by atoms with Crippen molar-refractivity contribution in [2.75, 3.05) is 17.7 Å². The lowest BCUT2D eigenvalue weighted by Crippen LogP contribution is -2.39. The molecule has 0 bridgehead atoms. The van der Waals surface area contributed by atoms with Crippen LogP contribution in [0.15, 0.2) is 57.0 Å². The third-order valence-corrected chi connectivity index (χ3v) is 6.49. The first-order valence-corrected chi connectivity index (χ1v) is 12.0. The Morgan fingerprint density at radius 3 is 2.49 bits per heavy atom. The van der Waals surface area contributed by atoms with E-state index in [1.54, 1.807) is 49.4 Å². The number of nitrogens with one attached hydrogen (secondary N) is 1. The van der Waals surface area contributed by atoms with Crippen molar-refractivity contribution in [2.45, 2.75) is 13.8 Å². The van der Waals surface area contributed by atoms with E-state index in [0.717, 1.165) is 26.5 Å². The first-order valence-electron chi connectivity index (χ1n) is 10.6. The van der Waals surface area contributed by atoms with Crippen molar-refractivity contribution < 1.29 is 14.6 Å². The van der Waals surface area contributed by atoms with E-state index in [1.807, 2.05) is 6.92 Å². The first kappa shape index (κ1) is 26.1. The van der Waals surface area contributed by atoms with Gasteiger partial charge in [0, 0.05) is 24.8 Å². The third kappa shape index (κ3) is 5.95. The van der Waals surface area contributed by atoms with Gasteiger partial charge in [0.15, 0.2) is 0 Å². The number of rotatable bonds is 7. The van der Waals surface area contributed by atoms with Gasteiger partial charge in [0.05, 0.1) is 18.0 Å². The lowest BCUT2D eigenvalue weighted by Gasteiger charge is -2.13. The number of thioether (sulfide) groups is 1. The standard InChI is InChI=1S/C24H25ClN4O5S/c1-5-34-16-11-9-15(10-12-16)26-21(20-22(31)28(3)24(33)29(4)23(20)32)35-13-19(30)27-18-8-6-7-17(25)14(18)2/h6-12,31H,5,13H2,1-4H3,(H,27,30). The Labute approximate surface area is 211 Å². The normalized spacial score (nSPS) is 11.4. The molecule has 0 spiro atoms. The van der Waals surface area contributed by atoms with Crippen LogP contribution < -0.4 is 21.3 Å². The average Bonchev–Trinajstić information content (AvgIpc) is 2.84. The Kier molecular flexibility index (Phi) is 8.42. The molecule has 0 aliphatic heterocycles. The molecule has 1 aromatic heterocycles. The number of hydrogen-bond acceptors (Lipinski definition) is 7. The van der Waals surface area contributed by atoms with Crippen LogP contribution in [-0.2, 0) is 18.9 Å². The summed E-state index contributed by atoms with van der Waals surface area (Å²) in [7, 11) is 2.65. The minimum Gasteiger partial charge on any atom is -0.494 e. The number of ether oxygens (including phenoxy) is 1. The number of benzene rings is 2. The summed E-state index contributed by atoms with van der Waals surface area (Å²) in [6.07, 6.45) is 0. The predicted molar refractivity (Wildman–Crippen MR) is 140 cm³/mol. The number of carbonyl (C=O) groups is 1. The molecule has 35 heavy (non-hydrogen) atoms. The van der Waals surface area contributed by atoms with E-state index in [-0.39, 0.29) is 22.3 Å². The second-order valence-electron chi connectivity index (χ2n) is 7.50. The minimum atomic E-state index is -0.728. The zero-order valence-electron chi connectivity index (χ0n) is 19.7. The quantitative estimate of drug-likeness (QED) is 0.366. The Morgan fingerprint density at radius 1 is 1.14 bits per heavy atom. The first-order chi connectivity index (χ1) is 16.6. The molecule has 1 heterocycles. The highest BCUT2D eigenvalue weighted by Crippen LogP contribution is 2.26. The van der Waals surface area contributed by atoms with Crippen LogP contribution in [0.3, 0.4) is 0 Å². The van der Waals surface area contributed by atoms with Crippen molar-refractivity contribution in [3.63, 3.8) is 0 Å². The Morgan fingerprint density at radius 2 is 1.83 bits per heavy atom. The second kappa shape index (κ2) is 11.3. The SMILES string of the molecule is CCOc1ccc(N=C(SCC(=O)Nc2cccc(Cl)c2C)c2c(O)n(C)c(=O)n(C)c2=O)cc1. The van der Waals surface area contributed by atoms with Gasteiger partial charge in [0.2, 0.25) is 11.8 Å². The van der Waals surface area contributed by atoms with Crippen LogP contribution in [0.25, 0.3) is 0 Å². The smallest absolute Gasteiger partial charge is 0.333 e. The molecule has 0 saturated heterocycles.